The molecule has 0 saturated heterocycles. The van der Waals surface area contributed by atoms with E-state index in [9.17, 15) is 0 Å². The van der Waals surface area contributed by atoms with Gasteiger partial charge in [0, 0.05) is 5.27 Å². The number of fused-ring (bicyclic) bond motifs is 1. The summed E-state index contributed by atoms with van der Waals surface area (Å²) in [4.78, 5) is 0. The molecule has 0 fully saturated rings. The summed E-state index contributed by atoms with van der Waals surface area (Å²) >= 11 is 11.5. The van der Waals surface area contributed by atoms with Crippen molar-refractivity contribution in [1.29, 1.82) is 0 Å². The second-order valence-corrected chi connectivity index (χ2v) is 2.77. The summed E-state index contributed by atoms with van der Waals surface area (Å²) in [7, 11) is 0. The van der Waals surface area contributed by atoms with E-state index >= 15 is 0 Å². The molecule has 0 N–H and O–H groups in total. The van der Waals surface area contributed by atoms with Crippen LogP contribution in [-0.4, -0.2) is 10.4 Å². The molecule has 0 unspecified atom stereocenters. The highest BCUT2D eigenvalue weighted by atomic mass is 35.5. The van der Waals surface area contributed by atoms with E-state index in [1.165, 1.54) is 0 Å². The van der Waals surface area contributed by atoms with Crippen molar-refractivity contribution in [2.75, 3.05) is 0 Å². The number of rotatable bonds is 0. The first kappa shape index (κ1) is 6.88. The van der Waals surface area contributed by atoms with Crippen LogP contribution in [0.2, 0.25) is 10.0 Å². The van der Waals surface area contributed by atoms with Crippen LogP contribution in [0.3, 0.4) is 0 Å². The Morgan fingerprint density at radius 1 is 1.27 bits per heavy atom. The van der Waals surface area contributed by atoms with Crippen LogP contribution in [0.5, 0.6) is 0 Å². The largest absolute Gasteiger partial charge is 0.337 e. The van der Waals surface area contributed by atoms with Crippen molar-refractivity contribution in [3.63, 3.8) is 0 Å². The van der Waals surface area contributed by atoms with Gasteiger partial charge in [-0.3, -0.25) is 0 Å². The molecule has 0 aliphatic rings. The zero-order valence-corrected chi connectivity index (χ0v) is 6.73. The summed E-state index contributed by atoms with van der Waals surface area (Å²) in [5.41, 5.74) is 1.04. The minimum atomic E-state index is 0.380. The lowest BCUT2D eigenvalue weighted by molar-refractivity contribution is 0.424. The molecule has 1 heterocycles. The minimum absolute atomic E-state index is 0.380. The third kappa shape index (κ3) is 0.968. The molecule has 0 aliphatic heterocycles. The number of benzene rings is 1. The molecule has 0 atom stereocenters. The van der Waals surface area contributed by atoms with E-state index in [0.29, 0.717) is 21.1 Å². The second-order valence-electron chi connectivity index (χ2n) is 1.98. The van der Waals surface area contributed by atoms with Crippen molar-refractivity contribution >= 4 is 34.3 Å². The van der Waals surface area contributed by atoms with E-state index in [0.717, 1.165) is 0 Å². The maximum atomic E-state index is 5.77. The van der Waals surface area contributed by atoms with Crippen LogP contribution in [0.1, 0.15) is 0 Å². The van der Waals surface area contributed by atoms with Crippen LogP contribution in [0.4, 0.5) is 0 Å². The summed E-state index contributed by atoms with van der Waals surface area (Å²) in [5.74, 6) is 0. The van der Waals surface area contributed by atoms with Gasteiger partial charge in [0.1, 0.15) is 0 Å². The highest BCUT2D eigenvalue weighted by Crippen LogP contribution is 2.28. The Morgan fingerprint density at radius 3 is 2.91 bits per heavy atom. The molecule has 0 spiro atoms. The standard InChI is InChI=1S/C6H2Cl2N2O/c7-3-1-2-4-6(5(3)8)9-10-11-4/h1-2H. The average Bonchev–Trinajstić information content (AvgIpc) is 2.45. The van der Waals surface area contributed by atoms with Crippen LogP contribution >= 0.6 is 23.2 Å². The number of nitrogens with zero attached hydrogens (tertiary/aromatic N) is 2. The SMILES string of the molecule is Clc1ccc2onnc2c1Cl. The lowest BCUT2D eigenvalue weighted by Gasteiger charge is -1.91. The molecule has 0 bridgehead atoms. The van der Waals surface area contributed by atoms with E-state index in [4.69, 9.17) is 27.7 Å². The lowest BCUT2D eigenvalue weighted by atomic mass is 10.3. The Morgan fingerprint density at radius 2 is 2.09 bits per heavy atom. The normalized spacial score (nSPS) is 10.7. The minimum Gasteiger partial charge on any atom is -0.337 e. The first-order chi connectivity index (χ1) is 5.29. The Balaban J connectivity index is 2.93. The van der Waals surface area contributed by atoms with Gasteiger partial charge in [-0.1, -0.05) is 23.2 Å². The van der Waals surface area contributed by atoms with E-state index in [1.54, 1.807) is 12.1 Å². The van der Waals surface area contributed by atoms with Crippen LogP contribution in [0, 0.1) is 0 Å². The fourth-order valence-electron chi connectivity index (χ4n) is 0.794. The highest BCUT2D eigenvalue weighted by molar-refractivity contribution is 6.44. The third-order valence-corrected chi connectivity index (χ3v) is 2.11. The molecule has 0 amide bonds. The molecule has 2 aromatic rings. The van der Waals surface area contributed by atoms with Crippen LogP contribution < -0.4 is 0 Å². The fraction of sp³-hybridized carbons (Fsp3) is 0. The van der Waals surface area contributed by atoms with E-state index in [2.05, 4.69) is 10.4 Å². The maximum absolute atomic E-state index is 5.77. The maximum Gasteiger partial charge on any atom is 0.189 e. The number of halogens is 2. The van der Waals surface area contributed by atoms with Crippen LogP contribution in [-0.2, 0) is 0 Å². The predicted molar refractivity (Wildman–Crippen MR) is 41.8 cm³/mol. The number of aromatic nitrogens is 2. The summed E-state index contributed by atoms with van der Waals surface area (Å²) in [6.45, 7) is 0. The van der Waals surface area contributed by atoms with Gasteiger partial charge in [0.05, 0.1) is 10.0 Å². The van der Waals surface area contributed by atoms with Gasteiger partial charge in [0.2, 0.25) is 0 Å². The number of hydrogen-bond donors (Lipinski definition) is 0. The average molecular weight is 189 g/mol. The van der Waals surface area contributed by atoms with E-state index in [1.807, 2.05) is 0 Å². The molecule has 2 rings (SSSR count). The predicted octanol–water partition coefficient (Wildman–Crippen LogP) is 2.53. The van der Waals surface area contributed by atoms with Gasteiger partial charge >= 0.3 is 0 Å². The molecule has 56 valence electrons. The molecule has 1 aromatic heterocycles. The summed E-state index contributed by atoms with van der Waals surface area (Å²) < 4.78 is 4.75. The van der Waals surface area contributed by atoms with Crippen LogP contribution in [0.25, 0.3) is 11.1 Å². The highest BCUT2D eigenvalue weighted by Gasteiger charge is 2.07. The van der Waals surface area contributed by atoms with Crippen molar-refractivity contribution in [3.8, 4) is 0 Å². The fourth-order valence-corrected chi connectivity index (χ4v) is 1.14. The summed E-state index contributed by atoms with van der Waals surface area (Å²) in [6.07, 6.45) is 0. The Bertz CT molecular complexity index is 398. The van der Waals surface area contributed by atoms with Gasteiger partial charge in [-0.25, -0.2) is 0 Å². The van der Waals surface area contributed by atoms with Gasteiger partial charge < -0.3 is 4.52 Å². The molecule has 11 heavy (non-hydrogen) atoms. The molecule has 5 heteroatoms. The summed E-state index contributed by atoms with van der Waals surface area (Å²) in [6, 6.07) is 3.31. The van der Waals surface area contributed by atoms with Crippen molar-refractivity contribution in [2.45, 2.75) is 0 Å². The van der Waals surface area contributed by atoms with Gasteiger partial charge in [0.25, 0.3) is 0 Å². The Hall–Kier alpha value is -0.800. The van der Waals surface area contributed by atoms with E-state index in [-0.39, 0.29) is 0 Å². The van der Waals surface area contributed by atoms with Crippen molar-refractivity contribution < 1.29 is 4.52 Å². The summed E-state index contributed by atoms with van der Waals surface area (Å²) in [5, 5.41) is 7.81. The number of hydrogen-bond acceptors (Lipinski definition) is 3. The van der Waals surface area contributed by atoms with Crippen molar-refractivity contribution in [1.82, 2.24) is 10.4 Å². The lowest BCUT2D eigenvalue weighted by Crippen LogP contribution is -1.72. The van der Waals surface area contributed by atoms with Gasteiger partial charge in [-0.2, -0.15) is 0 Å². The van der Waals surface area contributed by atoms with Gasteiger partial charge in [0.15, 0.2) is 11.1 Å². The quantitative estimate of drug-likeness (QED) is 0.638. The third-order valence-electron chi connectivity index (χ3n) is 1.31. The van der Waals surface area contributed by atoms with Crippen LogP contribution in [0.15, 0.2) is 16.7 Å². The molecule has 0 aliphatic carbocycles. The zero-order valence-electron chi connectivity index (χ0n) is 5.21. The van der Waals surface area contributed by atoms with Crippen molar-refractivity contribution in [3.05, 3.63) is 22.2 Å². The molecule has 0 radical (unpaired) electrons. The first-order valence-electron chi connectivity index (χ1n) is 2.85. The topological polar surface area (TPSA) is 38.9 Å². The molecular formula is C6H2Cl2N2O. The Kier molecular flexibility index (Phi) is 1.47. The monoisotopic (exact) mass is 188 g/mol. The zero-order chi connectivity index (χ0) is 7.84. The smallest absolute Gasteiger partial charge is 0.189 e. The molecule has 1 aromatic carbocycles. The molecular weight excluding hydrogens is 187 g/mol. The van der Waals surface area contributed by atoms with Gasteiger partial charge in [-0.15, -0.1) is 5.10 Å². The molecule has 0 saturated carbocycles. The first-order valence-corrected chi connectivity index (χ1v) is 3.60. The van der Waals surface area contributed by atoms with Gasteiger partial charge in [-0.05, 0) is 12.1 Å². The van der Waals surface area contributed by atoms with Crippen molar-refractivity contribution in [2.24, 2.45) is 0 Å². The Labute approximate surface area is 71.9 Å². The second kappa shape index (κ2) is 2.36. The van der Waals surface area contributed by atoms with E-state index < -0.39 is 0 Å². The molecule has 3 nitrogen and oxygen atoms in total.